The molecule has 0 aliphatic heterocycles. The van der Waals surface area contributed by atoms with Crippen molar-refractivity contribution in [1.29, 1.82) is 0 Å². The van der Waals surface area contributed by atoms with Crippen LogP contribution in [0.25, 0.3) is 5.82 Å². The van der Waals surface area contributed by atoms with E-state index in [1.165, 1.54) is 4.68 Å². The zero-order valence-corrected chi connectivity index (χ0v) is 9.98. The highest BCUT2D eigenvalue weighted by Gasteiger charge is 2.11. The second-order valence-electron chi connectivity index (χ2n) is 3.96. The monoisotopic (exact) mass is 235 g/mol. The van der Waals surface area contributed by atoms with Crippen LogP contribution in [0.2, 0.25) is 0 Å². The molecular formula is C11H14FN5. The Morgan fingerprint density at radius 1 is 1.41 bits per heavy atom. The standard InChI is InChI=1S/C11H14FN5/c1-7(2)9-4-5-17(16-9)10-8(12)6-14-11(13-3)15-10/h4-7H,1-3H3,(H,13,14,15). The van der Waals surface area contributed by atoms with E-state index >= 15 is 0 Å². The van der Waals surface area contributed by atoms with Gasteiger partial charge in [0, 0.05) is 13.2 Å². The third-order valence-corrected chi connectivity index (χ3v) is 2.37. The lowest BCUT2D eigenvalue weighted by Gasteiger charge is -2.04. The number of halogens is 1. The van der Waals surface area contributed by atoms with E-state index in [1.54, 1.807) is 13.2 Å². The second-order valence-corrected chi connectivity index (χ2v) is 3.96. The van der Waals surface area contributed by atoms with Crippen LogP contribution in [0.4, 0.5) is 10.3 Å². The Labute approximate surface area is 98.7 Å². The van der Waals surface area contributed by atoms with Crippen LogP contribution in [0, 0.1) is 5.82 Å². The van der Waals surface area contributed by atoms with Gasteiger partial charge in [0.05, 0.1) is 11.9 Å². The van der Waals surface area contributed by atoms with E-state index in [9.17, 15) is 4.39 Å². The van der Waals surface area contributed by atoms with Gasteiger partial charge in [0.2, 0.25) is 5.95 Å². The first-order valence-electron chi connectivity index (χ1n) is 5.38. The van der Waals surface area contributed by atoms with E-state index in [2.05, 4.69) is 20.4 Å². The Bertz CT molecular complexity index is 520. The number of anilines is 1. The van der Waals surface area contributed by atoms with Gasteiger partial charge in [-0.25, -0.2) is 14.1 Å². The predicted molar refractivity (Wildman–Crippen MR) is 62.7 cm³/mol. The lowest BCUT2D eigenvalue weighted by molar-refractivity contribution is 0.591. The van der Waals surface area contributed by atoms with Crippen molar-refractivity contribution in [2.24, 2.45) is 0 Å². The van der Waals surface area contributed by atoms with Crippen LogP contribution >= 0.6 is 0 Å². The molecule has 2 rings (SSSR count). The topological polar surface area (TPSA) is 55.6 Å². The molecule has 90 valence electrons. The maximum atomic E-state index is 13.6. The second kappa shape index (κ2) is 4.48. The highest BCUT2D eigenvalue weighted by Crippen LogP contribution is 2.15. The molecule has 0 saturated heterocycles. The first kappa shape index (κ1) is 11.5. The minimum atomic E-state index is -0.498. The van der Waals surface area contributed by atoms with E-state index < -0.39 is 5.82 Å². The maximum absolute atomic E-state index is 13.6. The summed E-state index contributed by atoms with van der Waals surface area (Å²) < 4.78 is 15.0. The summed E-state index contributed by atoms with van der Waals surface area (Å²) in [4.78, 5) is 7.82. The summed E-state index contributed by atoms with van der Waals surface area (Å²) in [6.07, 6.45) is 2.82. The summed E-state index contributed by atoms with van der Waals surface area (Å²) in [5.74, 6) is 0.312. The van der Waals surface area contributed by atoms with Crippen LogP contribution in [-0.4, -0.2) is 26.8 Å². The van der Waals surface area contributed by atoms with E-state index in [0.717, 1.165) is 11.9 Å². The Morgan fingerprint density at radius 3 is 2.76 bits per heavy atom. The molecule has 0 radical (unpaired) electrons. The van der Waals surface area contributed by atoms with Crippen molar-refractivity contribution in [3.63, 3.8) is 0 Å². The van der Waals surface area contributed by atoms with Gasteiger partial charge in [0.1, 0.15) is 0 Å². The molecule has 17 heavy (non-hydrogen) atoms. The summed E-state index contributed by atoms with van der Waals surface area (Å²) >= 11 is 0. The lowest BCUT2D eigenvalue weighted by atomic mass is 10.1. The molecule has 0 unspecified atom stereocenters. The van der Waals surface area contributed by atoms with Crippen LogP contribution < -0.4 is 5.32 Å². The number of nitrogens with one attached hydrogen (secondary N) is 1. The number of nitrogens with zero attached hydrogens (tertiary/aromatic N) is 4. The van der Waals surface area contributed by atoms with E-state index in [0.29, 0.717) is 11.9 Å². The van der Waals surface area contributed by atoms with Gasteiger partial charge in [0.15, 0.2) is 11.6 Å². The molecule has 0 bridgehead atoms. The van der Waals surface area contributed by atoms with Gasteiger partial charge < -0.3 is 5.32 Å². The molecule has 0 aromatic carbocycles. The molecule has 2 aromatic heterocycles. The Kier molecular flexibility index (Phi) is 3.03. The molecule has 0 saturated carbocycles. The summed E-state index contributed by atoms with van der Waals surface area (Å²) in [6.45, 7) is 4.06. The first-order chi connectivity index (χ1) is 8.11. The van der Waals surface area contributed by atoms with Gasteiger partial charge >= 0.3 is 0 Å². The van der Waals surface area contributed by atoms with Crippen molar-refractivity contribution >= 4 is 5.95 Å². The molecule has 2 heterocycles. The van der Waals surface area contributed by atoms with Crippen molar-refractivity contribution in [2.45, 2.75) is 19.8 Å². The minimum absolute atomic E-state index is 0.149. The first-order valence-corrected chi connectivity index (χ1v) is 5.38. The normalized spacial score (nSPS) is 10.9. The minimum Gasteiger partial charge on any atom is -0.357 e. The van der Waals surface area contributed by atoms with Gasteiger partial charge in [0.25, 0.3) is 0 Å². The maximum Gasteiger partial charge on any atom is 0.224 e. The SMILES string of the molecule is CNc1ncc(F)c(-n2ccc(C(C)C)n2)n1. The fourth-order valence-electron chi connectivity index (χ4n) is 1.40. The number of hydrogen-bond donors (Lipinski definition) is 1. The lowest BCUT2D eigenvalue weighted by Crippen LogP contribution is -2.07. The molecule has 5 nitrogen and oxygen atoms in total. The van der Waals surface area contributed by atoms with Crippen molar-refractivity contribution in [2.75, 3.05) is 12.4 Å². The molecule has 0 atom stereocenters. The fraction of sp³-hybridized carbons (Fsp3) is 0.364. The number of rotatable bonds is 3. The fourth-order valence-corrected chi connectivity index (χ4v) is 1.40. The Balaban J connectivity index is 2.44. The van der Waals surface area contributed by atoms with Crippen molar-refractivity contribution in [3.8, 4) is 5.82 Å². The molecule has 2 aromatic rings. The third-order valence-electron chi connectivity index (χ3n) is 2.37. The largest absolute Gasteiger partial charge is 0.357 e. The summed E-state index contributed by atoms with van der Waals surface area (Å²) in [5, 5.41) is 7.04. The van der Waals surface area contributed by atoms with E-state index in [-0.39, 0.29) is 5.82 Å². The van der Waals surface area contributed by atoms with Crippen LogP contribution in [-0.2, 0) is 0 Å². The summed E-state index contributed by atoms with van der Waals surface area (Å²) in [6, 6.07) is 1.85. The van der Waals surface area contributed by atoms with Gasteiger partial charge in [-0.2, -0.15) is 10.1 Å². The predicted octanol–water partition coefficient (Wildman–Crippen LogP) is 1.97. The van der Waals surface area contributed by atoms with Crippen LogP contribution in [0.5, 0.6) is 0 Å². The smallest absolute Gasteiger partial charge is 0.224 e. The van der Waals surface area contributed by atoms with Crippen LogP contribution in [0.1, 0.15) is 25.5 Å². The van der Waals surface area contributed by atoms with E-state index in [4.69, 9.17) is 0 Å². The summed E-state index contributed by atoms with van der Waals surface area (Å²) in [7, 11) is 1.68. The molecule has 0 aliphatic carbocycles. The van der Waals surface area contributed by atoms with E-state index in [1.807, 2.05) is 19.9 Å². The van der Waals surface area contributed by atoms with Gasteiger partial charge in [-0.15, -0.1) is 0 Å². The number of aromatic nitrogens is 4. The molecular weight excluding hydrogens is 221 g/mol. The van der Waals surface area contributed by atoms with Crippen molar-refractivity contribution < 1.29 is 4.39 Å². The highest BCUT2D eigenvalue weighted by molar-refractivity contribution is 5.32. The van der Waals surface area contributed by atoms with Crippen LogP contribution in [0.3, 0.4) is 0 Å². The van der Waals surface area contributed by atoms with Crippen molar-refractivity contribution in [1.82, 2.24) is 19.7 Å². The molecule has 0 fully saturated rings. The van der Waals surface area contributed by atoms with Gasteiger partial charge in [-0.05, 0) is 12.0 Å². The molecule has 1 N–H and O–H groups in total. The zero-order chi connectivity index (χ0) is 12.4. The van der Waals surface area contributed by atoms with Crippen LogP contribution in [0.15, 0.2) is 18.5 Å². The number of hydrogen-bond acceptors (Lipinski definition) is 4. The highest BCUT2D eigenvalue weighted by atomic mass is 19.1. The van der Waals surface area contributed by atoms with Crippen molar-refractivity contribution in [3.05, 3.63) is 30.0 Å². The van der Waals surface area contributed by atoms with Gasteiger partial charge in [-0.3, -0.25) is 0 Å². The molecule has 0 amide bonds. The van der Waals surface area contributed by atoms with Gasteiger partial charge in [-0.1, -0.05) is 13.8 Å². The average molecular weight is 235 g/mol. The Morgan fingerprint density at radius 2 is 2.18 bits per heavy atom. The quantitative estimate of drug-likeness (QED) is 0.883. The molecule has 0 aliphatic rings. The zero-order valence-electron chi connectivity index (χ0n) is 9.98. The Hall–Kier alpha value is -1.98. The summed E-state index contributed by atoms with van der Waals surface area (Å²) in [5.41, 5.74) is 0.897. The third kappa shape index (κ3) is 2.25. The average Bonchev–Trinajstić information content (AvgIpc) is 2.79. The molecule has 0 spiro atoms. The molecule has 6 heteroatoms.